The van der Waals surface area contributed by atoms with Gasteiger partial charge in [0.05, 0.1) is 19.1 Å². The zero-order chi connectivity index (χ0) is 25.1. The molecule has 0 aromatic heterocycles. The van der Waals surface area contributed by atoms with E-state index in [1.165, 1.54) is 0 Å². The van der Waals surface area contributed by atoms with Crippen LogP contribution in [0, 0.1) is 5.92 Å². The van der Waals surface area contributed by atoms with E-state index in [1.807, 2.05) is 86.3 Å². The maximum atomic E-state index is 13.7. The van der Waals surface area contributed by atoms with Crippen LogP contribution in [-0.2, 0) is 16.1 Å². The number of amides is 4. The zero-order valence-corrected chi connectivity index (χ0v) is 20.9. The standard InChI is InChI=1S/C27H35N5O3/c1-19(2)15-23-26(34)30(20(3)22-13-9-6-10-14-22)17-24-31(23)25(33)18-29(4)32(24)27(35)28-16-21-11-7-5-8-12-21/h5-14,19-20,23-24H,15-18H2,1-4H3,(H,28,35)/t20-,23-,24-/m0/s1. The van der Waals surface area contributed by atoms with Crippen molar-refractivity contribution in [2.24, 2.45) is 5.92 Å². The second-order valence-electron chi connectivity index (χ2n) is 9.81. The first kappa shape index (κ1) is 24.7. The molecule has 2 aromatic rings. The highest BCUT2D eigenvalue weighted by Crippen LogP contribution is 2.33. The summed E-state index contributed by atoms with van der Waals surface area (Å²) >= 11 is 0. The lowest BCUT2D eigenvalue weighted by Crippen LogP contribution is -2.76. The van der Waals surface area contributed by atoms with Gasteiger partial charge in [-0.05, 0) is 30.4 Å². The Labute approximate surface area is 207 Å². The Kier molecular flexibility index (Phi) is 7.40. The molecule has 0 bridgehead atoms. The van der Waals surface area contributed by atoms with E-state index in [2.05, 4.69) is 5.32 Å². The predicted molar refractivity (Wildman–Crippen MR) is 134 cm³/mol. The van der Waals surface area contributed by atoms with Crippen molar-refractivity contribution in [3.05, 3.63) is 71.8 Å². The molecule has 3 atom stereocenters. The van der Waals surface area contributed by atoms with Crippen molar-refractivity contribution < 1.29 is 14.4 Å². The molecule has 8 heteroatoms. The highest BCUT2D eigenvalue weighted by molar-refractivity contribution is 5.91. The van der Waals surface area contributed by atoms with Crippen molar-refractivity contribution in [3.8, 4) is 0 Å². The van der Waals surface area contributed by atoms with Crippen LogP contribution in [0.5, 0.6) is 0 Å². The first-order chi connectivity index (χ1) is 16.8. The Balaban J connectivity index is 1.64. The number of benzene rings is 2. The summed E-state index contributed by atoms with van der Waals surface area (Å²) in [5.74, 6) is 0.0221. The molecule has 2 aromatic carbocycles. The highest BCUT2D eigenvalue weighted by Gasteiger charge is 2.51. The summed E-state index contributed by atoms with van der Waals surface area (Å²) in [7, 11) is 1.75. The molecule has 0 saturated carbocycles. The topological polar surface area (TPSA) is 76.2 Å². The number of piperazine rings is 1. The van der Waals surface area contributed by atoms with Gasteiger partial charge in [-0.15, -0.1) is 0 Å². The van der Waals surface area contributed by atoms with Gasteiger partial charge in [-0.2, -0.15) is 0 Å². The summed E-state index contributed by atoms with van der Waals surface area (Å²) in [5.41, 5.74) is 2.01. The van der Waals surface area contributed by atoms with Gasteiger partial charge in [0.2, 0.25) is 11.8 Å². The molecule has 2 saturated heterocycles. The van der Waals surface area contributed by atoms with Crippen LogP contribution >= 0.6 is 0 Å². The summed E-state index contributed by atoms with van der Waals surface area (Å²) in [6.45, 7) is 6.77. The Morgan fingerprint density at radius 2 is 1.63 bits per heavy atom. The molecule has 2 aliphatic heterocycles. The van der Waals surface area contributed by atoms with Gasteiger partial charge in [-0.3, -0.25) is 9.59 Å². The van der Waals surface area contributed by atoms with E-state index in [1.54, 1.807) is 22.0 Å². The van der Waals surface area contributed by atoms with Crippen molar-refractivity contribution in [3.63, 3.8) is 0 Å². The Morgan fingerprint density at radius 1 is 1.00 bits per heavy atom. The molecule has 1 N–H and O–H groups in total. The number of carbonyl (C=O) groups is 3. The van der Waals surface area contributed by atoms with E-state index in [9.17, 15) is 14.4 Å². The van der Waals surface area contributed by atoms with E-state index in [0.29, 0.717) is 13.0 Å². The number of hydrogen-bond acceptors (Lipinski definition) is 4. The van der Waals surface area contributed by atoms with Gasteiger partial charge in [0.25, 0.3) is 0 Å². The second kappa shape index (κ2) is 10.5. The lowest BCUT2D eigenvalue weighted by atomic mass is 9.95. The van der Waals surface area contributed by atoms with Crippen LogP contribution in [-0.4, -0.2) is 70.0 Å². The van der Waals surface area contributed by atoms with Crippen molar-refractivity contribution in [2.75, 3.05) is 20.1 Å². The Hall–Kier alpha value is -3.39. The molecule has 0 unspecified atom stereocenters. The number of carbonyl (C=O) groups excluding carboxylic acids is 3. The van der Waals surface area contributed by atoms with Crippen LogP contribution in [0.1, 0.15) is 44.4 Å². The third kappa shape index (κ3) is 5.17. The Morgan fingerprint density at radius 3 is 2.26 bits per heavy atom. The van der Waals surface area contributed by atoms with E-state index in [-0.39, 0.29) is 42.9 Å². The first-order valence-corrected chi connectivity index (χ1v) is 12.3. The van der Waals surface area contributed by atoms with Crippen LogP contribution in [0.2, 0.25) is 0 Å². The number of hydrazine groups is 1. The van der Waals surface area contributed by atoms with Gasteiger partial charge < -0.3 is 15.1 Å². The molecule has 0 aliphatic carbocycles. The number of likely N-dealkylation sites (N-methyl/N-ethyl adjacent to an activating group) is 1. The van der Waals surface area contributed by atoms with Crippen molar-refractivity contribution in [2.45, 2.75) is 52.0 Å². The third-order valence-corrected chi connectivity index (χ3v) is 6.83. The number of fused-ring (bicyclic) bond motifs is 1. The highest BCUT2D eigenvalue weighted by atomic mass is 16.2. The number of nitrogens with one attached hydrogen (secondary N) is 1. The molecular weight excluding hydrogens is 442 g/mol. The van der Waals surface area contributed by atoms with Gasteiger partial charge in [0.15, 0.2) is 0 Å². The fraction of sp³-hybridized carbons (Fsp3) is 0.444. The average molecular weight is 478 g/mol. The molecule has 4 rings (SSSR count). The minimum absolute atomic E-state index is 0.0470. The van der Waals surface area contributed by atoms with Gasteiger partial charge in [-0.25, -0.2) is 14.8 Å². The molecule has 186 valence electrons. The quantitative estimate of drug-likeness (QED) is 0.693. The molecule has 8 nitrogen and oxygen atoms in total. The number of urea groups is 1. The molecule has 4 amide bonds. The molecule has 0 spiro atoms. The number of hydrogen-bond donors (Lipinski definition) is 1. The van der Waals surface area contributed by atoms with E-state index in [0.717, 1.165) is 11.1 Å². The van der Waals surface area contributed by atoms with Gasteiger partial charge >= 0.3 is 6.03 Å². The van der Waals surface area contributed by atoms with Crippen LogP contribution < -0.4 is 5.32 Å². The summed E-state index contributed by atoms with van der Waals surface area (Å²) in [6.07, 6.45) is -0.0351. The van der Waals surface area contributed by atoms with E-state index >= 15 is 0 Å². The average Bonchev–Trinajstić information content (AvgIpc) is 2.84. The zero-order valence-electron chi connectivity index (χ0n) is 20.9. The normalized spacial score (nSPS) is 21.8. The molecule has 2 aliphatic rings. The van der Waals surface area contributed by atoms with Crippen molar-refractivity contribution in [1.82, 2.24) is 25.1 Å². The fourth-order valence-corrected chi connectivity index (χ4v) is 5.05. The summed E-state index contributed by atoms with van der Waals surface area (Å²) in [4.78, 5) is 43.9. The lowest BCUT2D eigenvalue weighted by Gasteiger charge is -2.55. The molecular formula is C27H35N5O3. The smallest absolute Gasteiger partial charge is 0.333 e. The maximum absolute atomic E-state index is 13.7. The van der Waals surface area contributed by atoms with Crippen molar-refractivity contribution >= 4 is 17.8 Å². The molecule has 2 fully saturated rings. The summed E-state index contributed by atoms with van der Waals surface area (Å²) in [5, 5.41) is 6.26. The van der Waals surface area contributed by atoms with E-state index in [4.69, 9.17) is 0 Å². The lowest BCUT2D eigenvalue weighted by molar-refractivity contribution is -0.190. The third-order valence-electron chi connectivity index (χ3n) is 6.83. The largest absolute Gasteiger partial charge is 0.334 e. The van der Waals surface area contributed by atoms with Crippen molar-refractivity contribution in [1.29, 1.82) is 0 Å². The van der Waals surface area contributed by atoms with Gasteiger partial charge in [0, 0.05) is 13.6 Å². The number of nitrogens with zero attached hydrogens (tertiary/aromatic N) is 4. The molecule has 2 heterocycles. The number of rotatable bonds is 6. The van der Waals surface area contributed by atoms with Crippen LogP contribution in [0.25, 0.3) is 0 Å². The monoisotopic (exact) mass is 477 g/mol. The minimum atomic E-state index is -0.606. The second-order valence-corrected chi connectivity index (χ2v) is 9.81. The van der Waals surface area contributed by atoms with E-state index < -0.39 is 12.2 Å². The Bertz CT molecular complexity index is 1050. The fourth-order valence-electron chi connectivity index (χ4n) is 5.05. The van der Waals surface area contributed by atoms with Gasteiger partial charge in [-0.1, -0.05) is 74.5 Å². The molecule has 0 radical (unpaired) electrons. The first-order valence-electron chi connectivity index (χ1n) is 12.3. The maximum Gasteiger partial charge on any atom is 0.334 e. The van der Waals surface area contributed by atoms with Crippen LogP contribution in [0.15, 0.2) is 60.7 Å². The van der Waals surface area contributed by atoms with Gasteiger partial charge in [0.1, 0.15) is 12.2 Å². The van der Waals surface area contributed by atoms with Crippen LogP contribution in [0.4, 0.5) is 4.79 Å². The summed E-state index contributed by atoms with van der Waals surface area (Å²) < 4.78 is 0. The van der Waals surface area contributed by atoms with Crippen LogP contribution in [0.3, 0.4) is 0 Å². The predicted octanol–water partition coefficient (Wildman–Crippen LogP) is 3.23. The molecule has 35 heavy (non-hydrogen) atoms. The SMILES string of the molecule is CC(C)C[C@H]1C(=O)N([C@@H](C)c2ccccc2)C[C@H]2N1C(=O)CN(C)N2C(=O)NCc1ccccc1. The summed E-state index contributed by atoms with van der Waals surface area (Å²) in [6, 6.07) is 18.5. The minimum Gasteiger partial charge on any atom is -0.333 e.